The first-order valence-corrected chi connectivity index (χ1v) is 7.85. The highest BCUT2D eigenvalue weighted by molar-refractivity contribution is 7.91. The summed E-state index contributed by atoms with van der Waals surface area (Å²) < 4.78 is 41.7. The molecule has 0 aromatic heterocycles. The fourth-order valence-corrected chi connectivity index (χ4v) is 2.85. The standard InChI is InChI=1S/C13H19FO4S/c1-2-3-8-18-9-12(15)10-19(16,17)13-6-4-11(14)5-7-13/h4-7,12,15H,2-3,8-10H2,1H3. The molecular weight excluding hydrogens is 271 g/mol. The monoisotopic (exact) mass is 290 g/mol. The van der Waals surface area contributed by atoms with Crippen LogP contribution in [0.1, 0.15) is 19.8 Å². The van der Waals surface area contributed by atoms with Crippen LogP contribution in [-0.2, 0) is 14.6 Å². The Morgan fingerprint density at radius 1 is 1.32 bits per heavy atom. The van der Waals surface area contributed by atoms with Gasteiger partial charge in [-0.05, 0) is 30.7 Å². The van der Waals surface area contributed by atoms with Crippen LogP contribution in [0.5, 0.6) is 0 Å². The van der Waals surface area contributed by atoms with E-state index in [-0.39, 0.29) is 11.5 Å². The van der Waals surface area contributed by atoms with Crippen molar-refractivity contribution in [3.63, 3.8) is 0 Å². The summed E-state index contributed by atoms with van der Waals surface area (Å²) >= 11 is 0. The van der Waals surface area contributed by atoms with Gasteiger partial charge in [0.1, 0.15) is 5.82 Å². The Kier molecular flexibility index (Phi) is 6.41. The number of aliphatic hydroxyl groups excluding tert-OH is 1. The van der Waals surface area contributed by atoms with Crippen molar-refractivity contribution in [1.82, 2.24) is 0 Å². The molecule has 1 N–H and O–H groups in total. The van der Waals surface area contributed by atoms with Gasteiger partial charge >= 0.3 is 0 Å². The third-order valence-corrected chi connectivity index (χ3v) is 4.35. The lowest BCUT2D eigenvalue weighted by Crippen LogP contribution is -2.26. The molecule has 0 spiro atoms. The highest BCUT2D eigenvalue weighted by Crippen LogP contribution is 2.13. The molecule has 0 saturated heterocycles. The molecule has 0 aliphatic rings. The molecule has 0 aliphatic heterocycles. The molecule has 1 aromatic carbocycles. The summed E-state index contributed by atoms with van der Waals surface area (Å²) in [6.07, 6.45) is 0.772. The van der Waals surface area contributed by atoms with Gasteiger partial charge in [-0.3, -0.25) is 0 Å². The molecule has 0 fully saturated rings. The molecule has 19 heavy (non-hydrogen) atoms. The van der Waals surface area contributed by atoms with Gasteiger partial charge in [-0.1, -0.05) is 13.3 Å². The summed E-state index contributed by atoms with van der Waals surface area (Å²) in [5.74, 6) is -0.924. The van der Waals surface area contributed by atoms with Crippen LogP contribution in [-0.4, -0.2) is 38.6 Å². The number of hydrogen-bond donors (Lipinski definition) is 1. The SMILES string of the molecule is CCCCOCC(O)CS(=O)(=O)c1ccc(F)cc1. The smallest absolute Gasteiger partial charge is 0.181 e. The van der Waals surface area contributed by atoms with Gasteiger partial charge in [-0.2, -0.15) is 0 Å². The Morgan fingerprint density at radius 2 is 1.95 bits per heavy atom. The van der Waals surface area contributed by atoms with Crippen LogP contribution in [0.3, 0.4) is 0 Å². The fourth-order valence-electron chi connectivity index (χ4n) is 1.51. The Bertz CT molecular complexity index is 470. The maximum absolute atomic E-state index is 12.7. The van der Waals surface area contributed by atoms with Crippen molar-refractivity contribution in [2.24, 2.45) is 0 Å². The molecule has 1 atom stereocenters. The summed E-state index contributed by atoms with van der Waals surface area (Å²) in [7, 11) is -3.62. The van der Waals surface area contributed by atoms with E-state index >= 15 is 0 Å². The summed E-state index contributed by atoms with van der Waals surface area (Å²) in [6, 6.07) is 4.54. The number of benzene rings is 1. The second-order valence-electron chi connectivity index (χ2n) is 4.32. The fraction of sp³-hybridized carbons (Fsp3) is 0.538. The molecule has 108 valence electrons. The van der Waals surface area contributed by atoms with Gasteiger partial charge in [0.2, 0.25) is 0 Å². The van der Waals surface area contributed by atoms with Gasteiger partial charge in [-0.25, -0.2) is 12.8 Å². The van der Waals surface area contributed by atoms with E-state index in [0.717, 1.165) is 25.0 Å². The molecule has 6 heteroatoms. The lowest BCUT2D eigenvalue weighted by atomic mass is 10.3. The van der Waals surface area contributed by atoms with E-state index in [4.69, 9.17) is 4.74 Å². The molecule has 0 radical (unpaired) electrons. The maximum Gasteiger partial charge on any atom is 0.181 e. The van der Waals surface area contributed by atoms with E-state index in [1.54, 1.807) is 0 Å². The number of aliphatic hydroxyl groups is 1. The van der Waals surface area contributed by atoms with Gasteiger partial charge in [-0.15, -0.1) is 0 Å². The number of halogens is 1. The van der Waals surface area contributed by atoms with Crippen molar-refractivity contribution in [3.05, 3.63) is 30.1 Å². The molecule has 0 heterocycles. The second kappa shape index (κ2) is 7.57. The molecule has 0 bridgehead atoms. The number of ether oxygens (including phenoxy) is 1. The Morgan fingerprint density at radius 3 is 2.53 bits per heavy atom. The average molecular weight is 290 g/mol. The number of unbranched alkanes of at least 4 members (excludes halogenated alkanes) is 1. The van der Waals surface area contributed by atoms with Crippen LogP contribution in [0.15, 0.2) is 29.2 Å². The quantitative estimate of drug-likeness (QED) is 0.585. The minimum atomic E-state index is -3.62. The van der Waals surface area contributed by atoms with E-state index in [0.29, 0.717) is 6.61 Å². The van der Waals surface area contributed by atoms with E-state index in [1.807, 2.05) is 6.92 Å². The number of sulfone groups is 1. The molecule has 0 amide bonds. The van der Waals surface area contributed by atoms with E-state index in [2.05, 4.69) is 0 Å². The zero-order valence-electron chi connectivity index (χ0n) is 10.9. The Hall–Kier alpha value is -0.980. The maximum atomic E-state index is 12.7. The Balaban J connectivity index is 2.52. The second-order valence-corrected chi connectivity index (χ2v) is 6.35. The third kappa shape index (κ3) is 5.67. The molecular formula is C13H19FO4S. The van der Waals surface area contributed by atoms with Crippen LogP contribution < -0.4 is 0 Å². The molecule has 0 aliphatic carbocycles. The van der Waals surface area contributed by atoms with Crippen LogP contribution >= 0.6 is 0 Å². The predicted molar refractivity (Wildman–Crippen MR) is 70.2 cm³/mol. The van der Waals surface area contributed by atoms with Gasteiger partial charge < -0.3 is 9.84 Å². The van der Waals surface area contributed by atoms with Crippen molar-refractivity contribution < 1.29 is 22.7 Å². The third-order valence-electron chi connectivity index (χ3n) is 2.54. The molecule has 1 rings (SSSR count). The minimum absolute atomic E-state index is 0.00140. The first-order valence-electron chi connectivity index (χ1n) is 6.20. The number of rotatable bonds is 8. The van der Waals surface area contributed by atoms with E-state index < -0.39 is 27.5 Å². The summed E-state index contributed by atoms with van der Waals surface area (Å²) in [4.78, 5) is 0.00140. The molecule has 1 aromatic rings. The first kappa shape index (κ1) is 16.1. The normalized spacial score (nSPS) is 13.4. The van der Waals surface area contributed by atoms with Gasteiger partial charge in [0.15, 0.2) is 9.84 Å². The highest BCUT2D eigenvalue weighted by Gasteiger charge is 2.19. The van der Waals surface area contributed by atoms with Crippen LogP contribution in [0.4, 0.5) is 4.39 Å². The first-order chi connectivity index (χ1) is 8.95. The van der Waals surface area contributed by atoms with Crippen molar-refractivity contribution in [2.45, 2.75) is 30.8 Å². The molecule has 4 nitrogen and oxygen atoms in total. The zero-order chi connectivity index (χ0) is 14.3. The van der Waals surface area contributed by atoms with Crippen molar-refractivity contribution >= 4 is 9.84 Å². The largest absolute Gasteiger partial charge is 0.390 e. The zero-order valence-corrected chi connectivity index (χ0v) is 11.7. The lowest BCUT2D eigenvalue weighted by molar-refractivity contribution is 0.0465. The predicted octanol–water partition coefficient (Wildman–Crippen LogP) is 1.78. The van der Waals surface area contributed by atoms with Gasteiger partial charge in [0, 0.05) is 6.61 Å². The summed E-state index contributed by atoms with van der Waals surface area (Å²) in [5.41, 5.74) is 0. The van der Waals surface area contributed by atoms with E-state index in [9.17, 15) is 17.9 Å². The van der Waals surface area contributed by atoms with Gasteiger partial charge in [0.25, 0.3) is 0 Å². The summed E-state index contributed by atoms with van der Waals surface area (Å²) in [6.45, 7) is 2.50. The van der Waals surface area contributed by atoms with Crippen molar-refractivity contribution in [3.8, 4) is 0 Å². The lowest BCUT2D eigenvalue weighted by Gasteiger charge is -2.11. The molecule has 1 unspecified atom stereocenters. The van der Waals surface area contributed by atoms with Crippen LogP contribution in [0, 0.1) is 5.82 Å². The highest BCUT2D eigenvalue weighted by atomic mass is 32.2. The van der Waals surface area contributed by atoms with Crippen LogP contribution in [0.2, 0.25) is 0 Å². The average Bonchev–Trinajstić information content (AvgIpc) is 2.34. The van der Waals surface area contributed by atoms with Crippen LogP contribution in [0.25, 0.3) is 0 Å². The van der Waals surface area contributed by atoms with E-state index in [1.165, 1.54) is 12.1 Å². The minimum Gasteiger partial charge on any atom is -0.390 e. The molecule has 0 saturated carbocycles. The van der Waals surface area contributed by atoms with Crippen molar-refractivity contribution in [1.29, 1.82) is 0 Å². The topological polar surface area (TPSA) is 63.6 Å². The summed E-state index contributed by atoms with van der Waals surface area (Å²) in [5, 5.41) is 9.62. The Labute approximate surface area is 113 Å². The van der Waals surface area contributed by atoms with Crippen molar-refractivity contribution in [2.75, 3.05) is 19.0 Å². The van der Waals surface area contributed by atoms with Gasteiger partial charge in [0.05, 0.1) is 23.4 Å². The number of hydrogen-bond acceptors (Lipinski definition) is 4.